The lowest BCUT2D eigenvalue weighted by atomic mass is 9.60. The summed E-state index contributed by atoms with van der Waals surface area (Å²) in [5.41, 5.74) is 2.76. The van der Waals surface area contributed by atoms with Crippen molar-refractivity contribution in [2.24, 2.45) is 10.8 Å². The van der Waals surface area contributed by atoms with Crippen molar-refractivity contribution in [3.05, 3.63) is 36.0 Å². The zero-order valence-electron chi connectivity index (χ0n) is 34.2. The Bertz CT molecular complexity index is 1600. The highest BCUT2D eigenvalue weighted by molar-refractivity contribution is 5.87. The van der Waals surface area contributed by atoms with Gasteiger partial charge >= 0.3 is 12.2 Å². The number of rotatable bonds is 7. The van der Waals surface area contributed by atoms with Gasteiger partial charge in [-0.15, -0.1) is 0 Å². The van der Waals surface area contributed by atoms with Crippen LogP contribution in [0.1, 0.15) is 114 Å². The third-order valence-corrected chi connectivity index (χ3v) is 14.1. The first kappa shape index (κ1) is 40.3. The normalized spacial score (nSPS) is 27.7. The fourth-order valence-electron chi connectivity index (χ4n) is 11.3. The molecule has 2 atom stereocenters. The molecule has 2 spiro atoms. The highest BCUT2D eigenvalue weighted by atomic mass is 16.6. The maximum Gasteiger partial charge on any atom is 0.409 e. The second kappa shape index (κ2) is 17.8. The Balaban J connectivity index is 0.000000132. The number of hydrogen-bond donors (Lipinski definition) is 1. The average molecular weight is 793 g/mol. The molecule has 57 heavy (non-hydrogen) atoms. The molecule has 2 unspecified atom stereocenters. The van der Waals surface area contributed by atoms with Crippen LogP contribution in [-0.2, 0) is 14.3 Å². The molecule has 6 saturated heterocycles. The highest BCUT2D eigenvalue weighted by Crippen LogP contribution is 2.51. The number of likely N-dealkylation sites (tertiary alicyclic amines) is 5. The van der Waals surface area contributed by atoms with Gasteiger partial charge in [0.1, 0.15) is 29.7 Å². The summed E-state index contributed by atoms with van der Waals surface area (Å²) in [7, 11) is 0. The molecule has 2 aliphatic carbocycles. The molecule has 8 aliphatic rings. The fraction of sp³-hybridized carbons (Fsp3) is 0.786. The maximum absolute atomic E-state index is 11.8. The van der Waals surface area contributed by atoms with Crippen molar-refractivity contribution in [3.8, 4) is 0 Å². The van der Waals surface area contributed by atoms with E-state index in [9.17, 15) is 14.4 Å². The van der Waals surface area contributed by atoms with Gasteiger partial charge in [-0.25, -0.2) is 9.59 Å². The zero-order valence-corrected chi connectivity index (χ0v) is 34.2. The summed E-state index contributed by atoms with van der Waals surface area (Å²) in [5, 5.41) is 11.7. The molecule has 8 heterocycles. The van der Waals surface area contributed by atoms with Crippen LogP contribution in [0, 0.1) is 10.8 Å². The van der Waals surface area contributed by atoms with E-state index in [2.05, 4.69) is 30.3 Å². The van der Waals surface area contributed by atoms with Crippen molar-refractivity contribution in [2.75, 3.05) is 78.7 Å². The first-order chi connectivity index (χ1) is 27.8. The summed E-state index contributed by atoms with van der Waals surface area (Å²) in [6.07, 6.45) is 16.9. The third-order valence-electron chi connectivity index (χ3n) is 14.1. The van der Waals surface area contributed by atoms with Gasteiger partial charge in [-0.2, -0.15) is 0 Å². The van der Waals surface area contributed by atoms with Crippen LogP contribution in [0.2, 0.25) is 0 Å². The number of carbonyl (C=O) groups is 3. The maximum atomic E-state index is 11.8. The molecular weight excluding hydrogens is 729 g/mol. The van der Waals surface area contributed by atoms with Gasteiger partial charge in [0.25, 0.3) is 0 Å². The number of aromatic nitrogens is 2. The van der Waals surface area contributed by atoms with Gasteiger partial charge in [0.2, 0.25) is 0 Å². The molecule has 8 fully saturated rings. The van der Waals surface area contributed by atoms with Gasteiger partial charge in [-0.1, -0.05) is 10.3 Å². The lowest BCUT2D eigenvalue weighted by Gasteiger charge is -2.61. The lowest BCUT2D eigenvalue weighted by molar-refractivity contribution is -0.143. The van der Waals surface area contributed by atoms with Crippen LogP contribution in [0.5, 0.6) is 0 Å². The number of nitrogens with zero attached hydrogens (tertiary/aromatic N) is 7. The Morgan fingerprint density at radius 3 is 1.65 bits per heavy atom. The Morgan fingerprint density at radius 2 is 1.19 bits per heavy atom. The van der Waals surface area contributed by atoms with Crippen LogP contribution in [0.3, 0.4) is 0 Å². The van der Waals surface area contributed by atoms with Gasteiger partial charge in [-0.05, 0) is 117 Å². The van der Waals surface area contributed by atoms with Crippen LogP contribution in [0.15, 0.2) is 33.7 Å². The van der Waals surface area contributed by atoms with E-state index in [4.69, 9.17) is 18.5 Å². The molecule has 314 valence electrons. The molecule has 6 aliphatic heterocycles. The van der Waals surface area contributed by atoms with Crippen molar-refractivity contribution in [3.63, 3.8) is 0 Å². The average Bonchev–Trinajstić information content (AvgIpc) is 4.00. The summed E-state index contributed by atoms with van der Waals surface area (Å²) < 4.78 is 20.0. The van der Waals surface area contributed by atoms with Gasteiger partial charge in [0.15, 0.2) is 0 Å². The Kier molecular flexibility index (Phi) is 12.5. The lowest BCUT2D eigenvalue weighted by Crippen LogP contribution is -2.68. The molecule has 15 heteroatoms. The SMILES string of the molecule is CCOC(=O)N1CC2(CC(=O)C2)C1.CCOC(=O)N1CC2(CC(N3CCC(N4CCCC4c4ccon4)CC3)C2)C1.c1cc(C2CCCN2C2CCNCC2)no1. The van der Waals surface area contributed by atoms with Crippen LogP contribution in [0.4, 0.5) is 9.59 Å². The van der Waals surface area contributed by atoms with Gasteiger partial charge in [0, 0.05) is 80.1 Å². The van der Waals surface area contributed by atoms with Gasteiger partial charge < -0.3 is 38.5 Å². The molecule has 0 radical (unpaired) electrons. The van der Waals surface area contributed by atoms with Crippen LogP contribution in [-0.4, -0.2) is 150 Å². The predicted octanol–water partition coefficient (Wildman–Crippen LogP) is 5.27. The summed E-state index contributed by atoms with van der Waals surface area (Å²) in [5.74, 6) is 0.323. The summed E-state index contributed by atoms with van der Waals surface area (Å²) in [6.45, 7) is 14.9. The summed E-state index contributed by atoms with van der Waals surface area (Å²) in [6, 6.07) is 7.14. The van der Waals surface area contributed by atoms with Crippen molar-refractivity contribution in [1.82, 2.24) is 40.1 Å². The van der Waals surface area contributed by atoms with Gasteiger partial charge in [0.05, 0.1) is 25.3 Å². The van der Waals surface area contributed by atoms with Crippen LogP contribution in [0.25, 0.3) is 0 Å². The van der Waals surface area contributed by atoms with Crippen molar-refractivity contribution < 1.29 is 32.9 Å². The second-order valence-electron chi connectivity index (χ2n) is 18.0. The molecule has 2 aromatic heterocycles. The first-order valence-electron chi connectivity index (χ1n) is 21.9. The van der Waals surface area contributed by atoms with Crippen molar-refractivity contribution in [2.45, 2.75) is 121 Å². The number of piperidine rings is 2. The monoisotopic (exact) mass is 792 g/mol. The predicted molar refractivity (Wildman–Crippen MR) is 210 cm³/mol. The van der Waals surface area contributed by atoms with Crippen molar-refractivity contribution in [1.29, 1.82) is 0 Å². The number of ketones is 1. The number of ether oxygens (including phenoxy) is 2. The minimum atomic E-state index is -0.243. The van der Waals surface area contributed by atoms with Crippen LogP contribution >= 0.6 is 0 Å². The summed E-state index contributed by atoms with van der Waals surface area (Å²) >= 11 is 0. The molecule has 0 aromatic carbocycles. The number of carbonyl (C=O) groups excluding carboxylic acids is 3. The first-order valence-corrected chi connectivity index (χ1v) is 21.9. The Hall–Kier alpha value is -3.53. The quantitative estimate of drug-likeness (QED) is 0.389. The largest absolute Gasteiger partial charge is 0.450 e. The van der Waals surface area contributed by atoms with E-state index in [1.807, 2.05) is 24.0 Å². The van der Waals surface area contributed by atoms with E-state index in [-0.39, 0.29) is 17.6 Å². The van der Waals surface area contributed by atoms with Crippen molar-refractivity contribution >= 4 is 18.0 Å². The van der Waals surface area contributed by atoms with E-state index in [0.29, 0.717) is 68.5 Å². The number of hydrogen-bond acceptors (Lipinski definition) is 13. The van der Waals surface area contributed by atoms with Crippen LogP contribution < -0.4 is 5.32 Å². The molecule has 1 N–H and O–H groups in total. The topological polar surface area (TPSA) is 150 Å². The van der Waals surface area contributed by atoms with E-state index < -0.39 is 0 Å². The van der Waals surface area contributed by atoms with E-state index >= 15 is 0 Å². The Labute approximate surface area is 337 Å². The highest BCUT2D eigenvalue weighted by Gasteiger charge is 2.56. The van der Waals surface area contributed by atoms with E-state index in [1.165, 1.54) is 90.4 Å². The minimum absolute atomic E-state index is 0.135. The standard InChI is InChI=1S/C21H32N4O3.C12H19N3O.C9H13NO3/c1-2-27-20(26)24-14-21(15-24)12-17(13-21)23-9-5-16(6-10-23)25-8-3-4-19(25)18-7-11-28-22-18;1-2-12(11-5-9-16-14-11)15(8-1)10-3-6-13-7-4-10;1-2-13-8(12)10-5-9(6-10)3-7(11)4-9/h7,11,16-17,19H,2-6,8-10,12-15H2,1H3;5,9-10,12-13H,1-4,6-8H2;2-6H2,1H3. The molecule has 2 saturated carbocycles. The van der Waals surface area contributed by atoms with Gasteiger partial charge in [-0.3, -0.25) is 14.6 Å². The minimum Gasteiger partial charge on any atom is -0.450 e. The van der Waals surface area contributed by atoms with E-state index in [1.54, 1.807) is 24.3 Å². The number of Topliss-reactive ketones (excluding diaryl/α,β-unsaturated/α-hetero) is 1. The smallest absolute Gasteiger partial charge is 0.409 e. The molecule has 15 nitrogen and oxygen atoms in total. The molecular formula is C42H64N8O7. The summed E-state index contributed by atoms with van der Waals surface area (Å²) in [4.78, 5) is 45.3. The fourth-order valence-corrected chi connectivity index (χ4v) is 11.3. The molecule has 2 aromatic rings. The molecule has 2 amide bonds. The number of nitrogens with one attached hydrogen (secondary N) is 1. The third kappa shape index (κ3) is 8.91. The molecule has 0 bridgehead atoms. The number of amides is 2. The molecule has 10 rings (SSSR count). The second-order valence-corrected chi connectivity index (χ2v) is 18.0. The Morgan fingerprint density at radius 1 is 0.702 bits per heavy atom. The zero-order chi connectivity index (χ0) is 39.4. The van der Waals surface area contributed by atoms with E-state index in [0.717, 1.165) is 49.7 Å².